The van der Waals surface area contributed by atoms with Crippen LogP contribution in [-0.2, 0) is 16.0 Å². The maximum atomic E-state index is 12.4. The summed E-state index contributed by atoms with van der Waals surface area (Å²) in [5, 5.41) is 5.85. The highest BCUT2D eigenvalue weighted by atomic mass is 35.5. The Labute approximate surface area is 179 Å². The Hall–Kier alpha value is -3.25. The van der Waals surface area contributed by atoms with Gasteiger partial charge in [0, 0.05) is 29.5 Å². The van der Waals surface area contributed by atoms with Crippen molar-refractivity contribution in [2.75, 3.05) is 23.3 Å². The lowest BCUT2D eigenvalue weighted by Crippen LogP contribution is -2.41. The van der Waals surface area contributed by atoms with E-state index in [2.05, 4.69) is 27.7 Å². The second kappa shape index (κ2) is 8.63. The molecule has 2 amide bonds. The second-order valence-corrected chi connectivity index (χ2v) is 7.64. The van der Waals surface area contributed by atoms with Crippen molar-refractivity contribution in [1.29, 1.82) is 0 Å². The van der Waals surface area contributed by atoms with E-state index in [9.17, 15) is 9.59 Å². The molecule has 1 aromatic heterocycles. The first-order valence-electron chi connectivity index (χ1n) is 9.76. The number of anilines is 2. The van der Waals surface area contributed by atoms with Gasteiger partial charge in [-0.1, -0.05) is 35.9 Å². The fraction of sp³-hybridized carbons (Fsp3) is 0.217. The van der Waals surface area contributed by atoms with Crippen LogP contribution in [0, 0.1) is 6.92 Å². The second-order valence-electron chi connectivity index (χ2n) is 7.23. The Morgan fingerprint density at radius 3 is 2.73 bits per heavy atom. The van der Waals surface area contributed by atoms with Crippen LogP contribution in [0.2, 0.25) is 5.02 Å². The molecule has 3 aromatic rings. The van der Waals surface area contributed by atoms with Gasteiger partial charge in [-0.2, -0.15) is 0 Å². The highest BCUT2D eigenvalue weighted by molar-refractivity contribution is 6.39. The molecule has 2 heterocycles. The summed E-state index contributed by atoms with van der Waals surface area (Å²) in [6, 6.07) is 16.8. The maximum absolute atomic E-state index is 12.4. The summed E-state index contributed by atoms with van der Waals surface area (Å²) in [6.07, 6.45) is 2.54. The van der Waals surface area contributed by atoms with E-state index < -0.39 is 11.8 Å². The van der Waals surface area contributed by atoms with Gasteiger partial charge in [-0.3, -0.25) is 9.59 Å². The lowest BCUT2D eigenvalue weighted by Gasteiger charge is -2.29. The highest BCUT2D eigenvalue weighted by Gasteiger charge is 2.29. The molecule has 30 heavy (non-hydrogen) atoms. The van der Waals surface area contributed by atoms with Gasteiger partial charge in [0.25, 0.3) is 0 Å². The predicted octanol–water partition coefficient (Wildman–Crippen LogP) is 4.10. The molecule has 0 unspecified atom stereocenters. The number of aryl methyl sites for hydroxylation is 1. The molecule has 0 spiro atoms. The van der Waals surface area contributed by atoms with Crippen LogP contribution < -0.4 is 15.5 Å². The van der Waals surface area contributed by atoms with Crippen molar-refractivity contribution in [2.24, 2.45) is 0 Å². The van der Waals surface area contributed by atoms with E-state index in [0.29, 0.717) is 10.7 Å². The smallest absolute Gasteiger partial charge is 0.313 e. The fourth-order valence-corrected chi connectivity index (χ4v) is 3.84. The first kappa shape index (κ1) is 20.0. The molecular weight excluding hydrogens is 402 g/mol. The molecule has 0 fully saturated rings. The molecular formula is C23H22ClN3O3. The summed E-state index contributed by atoms with van der Waals surface area (Å²) in [6.45, 7) is 2.92. The zero-order valence-corrected chi connectivity index (χ0v) is 17.3. The average Bonchev–Trinajstić information content (AvgIpc) is 3.42. The van der Waals surface area contributed by atoms with E-state index in [1.807, 2.05) is 31.2 Å². The van der Waals surface area contributed by atoms with Crippen LogP contribution in [0.5, 0.6) is 0 Å². The summed E-state index contributed by atoms with van der Waals surface area (Å²) in [7, 11) is 0. The van der Waals surface area contributed by atoms with Gasteiger partial charge in [0.1, 0.15) is 11.8 Å². The van der Waals surface area contributed by atoms with Crippen LogP contribution >= 0.6 is 11.6 Å². The lowest BCUT2D eigenvalue weighted by molar-refractivity contribution is -0.136. The zero-order chi connectivity index (χ0) is 21.1. The van der Waals surface area contributed by atoms with Crippen molar-refractivity contribution in [3.8, 4) is 0 Å². The number of amides is 2. The Kier molecular flexibility index (Phi) is 5.77. The minimum Gasteiger partial charge on any atom is -0.467 e. The van der Waals surface area contributed by atoms with Crippen LogP contribution in [0.4, 0.5) is 11.4 Å². The Bertz CT molecular complexity index is 1070. The summed E-state index contributed by atoms with van der Waals surface area (Å²) < 4.78 is 5.63. The van der Waals surface area contributed by atoms with E-state index in [1.165, 1.54) is 5.56 Å². The first-order chi connectivity index (χ1) is 14.5. The number of carbonyl (C=O) groups is 2. The van der Waals surface area contributed by atoms with E-state index in [4.69, 9.17) is 16.0 Å². The Balaban J connectivity index is 1.44. The summed E-state index contributed by atoms with van der Waals surface area (Å²) in [4.78, 5) is 27.0. The van der Waals surface area contributed by atoms with Crippen molar-refractivity contribution in [2.45, 2.75) is 19.4 Å². The summed E-state index contributed by atoms with van der Waals surface area (Å²) >= 11 is 6.08. The molecule has 6 nitrogen and oxygen atoms in total. The van der Waals surface area contributed by atoms with Crippen molar-refractivity contribution in [3.05, 3.63) is 82.8 Å². The van der Waals surface area contributed by atoms with Crippen molar-refractivity contribution >= 4 is 34.8 Å². The molecule has 0 saturated carbocycles. The SMILES string of the molecule is Cc1ccc(NC(=O)C(=O)NC[C@@H](c2ccco2)N2CCc3ccccc32)cc1Cl. The number of hydrogen-bond acceptors (Lipinski definition) is 4. The molecule has 0 saturated heterocycles. The minimum absolute atomic E-state index is 0.214. The number of benzene rings is 2. The number of para-hydroxylation sites is 1. The number of hydrogen-bond donors (Lipinski definition) is 2. The third kappa shape index (κ3) is 4.19. The van der Waals surface area contributed by atoms with Crippen molar-refractivity contribution in [1.82, 2.24) is 5.32 Å². The van der Waals surface area contributed by atoms with Crippen molar-refractivity contribution < 1.29 is 14.0 Å². The van der Waals surface area contributed by atoms with Crippen LogP contribution in [-0.4, -0.2) is 24.9 Å². The monoisotopic (exact) mass is 423 g/mol. The molecule has 1 aliphatic heterocycles. The summed E-state index contributed by atoms with van der Waals surface area (Å²) in [5.41, 5.74) is 3.74. The first-order valence-corrected chi connectivity index (χ1v) is 10.1. The Morgan fingerprint density at radius 2 is 1.97 bits per heavy atom. The van der Waals surface area contributed by atoms with Gasteiger partial charge in [-0.15, -0.1) is 0 Å². The third-order valence-electron chi connectivity index (χ3n) is 5.26. The fourth-order valence-electron chi connectivity index (χ4n) is 3.66. The third-order valence-corrected chi connectivity index (χ3v) is 5.67. The van der Waals surface area contributed by atoms with Gasteiger partial charge in [-0.05, 0) is 54.8 Å². The largest absolute Gasteiger partial charge is 0.467 e. The molecule has 2 N–H and O–H groups in total. The number of nitrogens with one attached hydrogen (secondary N) is 2. The van der Waals surface area contributed by atoms with Gasteiger partial charge in [-0.25, -0.2) is 0 Å². The summed E-state index contributed by atoms with van der Waals surface area (Å²) in [5.74, 6) is -0.719. The number of furan rings is 1. The maximum Gasteiger partial charge on any atom is 0.313 e. The number of nitrogens with zero attached hydrogens (tertiary/aromatic N) is 1. The standard InChI is InChI=1S/C23H22ClN3O3/c1-15-8-9-17(13-18(15)24)26-23(29)22(28)25-14-20(21-7-4-12-30-21)27-11-10-16-5-2-3-6-19(16)27/h2-9,12-13,20H,10-11,14H2,1H3,(H,25,28)(H,26,29)/t20-/m0/s1. The van der Waals surface area contributed by atoms with Gasteiger partial charge >= 0.3 is 11.8 Å². The predicted molar refractivity (Wildman–Crippen MR) is 117 cm³/mol. The van der Waals surface area contributed by atoms with Crippen LogP contribution in [0.3, 0.4) is 0 Å². The quantitative estimate of drug-likeness (QED) is 0.606. The van der Waals surface area contributed by atoms with E-state index in [0.717, 1.165) is 30.0 Å². The van der Waals surface area contributed by atoms with Crippen LogP contribution in [0.1, 0.15) is 22.9 Å². The van der Waals surface area contributed by atoms with E-state index >= 15 is 0 Å². The van der Waals surface area contributed by atoms with Crippen LogP contribution in [0.15, 0.2) is 65.3 Å². The van der Waals surface area contributed by atoms with E-state index in [1.54, 1.807) is 24.5 Å². The molecule has 154 valence electrons. The van der Waals surface area contributed by atoms with Gasteiger partial charge in [0.2, 0.25) is 0 Å². The van der Waals surface area contributed by atoms with Gasteiger partial charge in [0.05, 0.1) is 6.26 Å². The lowest BCUT2D eigenvalue weighted by atomic mass is 10.1. The molecule has 0 bridgehead atoms. The molecule has 2 aromatic carbocycles. The molecule has 0 radical (unpaired) electrons. The van der Waals surface area contributed by atoms with Gasteiger partial charge < -0.3 is 20.0 Å². The number of carbonyl (C=O) groups excluding carboxylic acids is 2. The topological polar surface area (TPSA) is 74.6 Å². The van der Waals surface area contributed by atoms with Crippen molar-refractivity contribution in [3.63, 3.8) is 0 Å². The average molecular weight is 424 g/mol. The zero-order valence-electron chi connectivity index (χ0n) is 16.5. The molecule has 7 heteroatoms. The number of halogens is 1. The minimum atomic E-state index is -0.741. The van der Waals surface area contributed by atoms with Crippen LogP contribution in [0.25, 0.3) is 0 Å². The highest BCUT2D eigenvalue weighted by Crippen LogP contribution is 2.34. The normalized spacial score (nSPS) is 13.6. The molecule has 4 rings (SSSR count). The number of rotatable bonds is 5. The molecule has 1 aliphatic rings. The van der Waals surface area contributed by atoms with Gasteiger partial charge in [0.15, 0.2) is 0 Å². The molecule has 1 atom stereocenters. The number of fused-ring (bicyclic) bond motifs is 1. The van der Waals surface area contributed by atoms with E-state index in [-0.39, 0.29) is 12.6 Å². The Morgan fingerprint density at radius 1 is 1.13 bits per heavy atom. The molecule has 0 aliphatic carbocycles.